The summed E-state index contributed by atoms with van der Waals surface area (Å²) in [6.07, 6.45) is 2.31. The Balaban J connectivity index is 1.98. The zero-order chi connectivity index (χ0) is 13.8. The van der Waals surface area contributed by atoms with Crippen molar-refractivity contribution in [2.24, 2.45) is 0 Å². The van der Waals surface area contributed by atoms with Gasteiger partial charge in [-0.25, -0.2) is 0 Å². The highest BCUT2D eigenvalue weighted by Gasteiger charge is 2.18. The molecule has 0 bridgehead atoms. The number of hydrogen-bond acceptors (Lipinski definition) is 4. The molecular weight excluding hydrogens is 288 g/mol. The predicted octanol–water partition coefficient (Wildman–Crippen LogP) is 2.87. The monoisotopic (exact) mass is 300 g/mol. The minimum atomic E-state index is -0.570. The predicted molar refractivity (Wildman–Crippen MR) is 75.9 cm³/mol. The molecule has 5 nitrogen and oxygen atoms in total. The van der Waals surface area contributed by atoms with Crippen LogP contribution in [0.2, 0.25) is 5.02 Å². The molecule has 102 valence electrons. The van der Waals surface area contributed by atoms with E-state index in [0.29, 0.717) is 17.4 Å². The number of halogens is 1. The molecule has 2 rings (SSSR count). The van der Waals surface area contributed by atoms with Gasteiger partial charge in [-0.3, -0.25) is 14.9 Å². The molecule has 1 aromatic carbocycles. The molecule has 1 heterocycles. The molecule has 1 aromatic rings. The number of amides is 1. The van der Waals surface area contributed by atoms with Crippen LogP contribution in [0.25, 0.3) is 0 Å². The smallest absolute Gasteiger partial charge is 0.287 e. The Morgan fingerprint density at radius 1 is 1.58 bits per heavy atom. The summed E-state index contributed by atoms with van der Waals surface area (Å²) >= 11 is 7.63. The first-order valence-corrected chi connectivity index (χ1v) is 7.34. The number of carbonyl (C=O) groups is 1. The maximum atomic E-state index is 11.9. The minimum Gasteiger partial charge on any atom is -0.351 e. The molecule has 1 fully saturated rings. The zero-order valence-electron chi connectivity index (χ0n) is 10.1. The molecule has 1 atom stereocenters. The Morgan fingerprint density at radius 2 is 2.37 bits per heavy atom. The van der Waals surface area contributed by atoms with Crippen LogP contribution in [0.4, 0.5) is 5.69 Å². The van der Waals surface area contributed by atoms with E-state index in [9.17, 15) is 14.9 Å². The molecule has 1 saturated heterocycles. The molecule has 1 N–H and O–H groups in total. The van der Waals surface area contributed by atoms with Crippen molar-refractivity contribution in [1.82, 2.24) is 5.32 Å². The molecule has 1 aliphatic rings. The number of nitro benzene ring substituents is 1. The van der Waals surface area contributed by atoms with Gasteiger partial charge in [0.05, 0.1) is 4.92 Å². The second-order valence-electron chi connectivity index (χ2n) is 4.27. The van der Waals surface area contributed by atoms with Gasteiger partial charge in [-0.2, -0.15) is 11.8 Å². The highest BCUT2D eigenvalue weighted by molar-refractivity contribution is 8.00. The Hall–Kier alpha value is -1.27. The fourth-order valence-electron chi connectivity index (χ4n) is 1.91. The van der Waals surface area contributed by atoms with Crippen LogP contribution in [0.3, 0.4) is 0 Å². The molecule has 0 aromatic heterocycles. The van der Waals surface area contributed by atoms with Crippen LogP contribution in [0.5, 0.6) is 0 Å². The molecule has 1 aliphatic heterocycles. The normalized spacial score (nSPS) is 18.3. The van der Waals surface area contributed by atoms with Gasteiger partial charge in [0, 0.05) is 23.4 Å². The van der Waals surface area contributed by atoms with Crippen molar-refractivity contribution in [3.8, 4) is 0 Å². The van der Waals surface area contributed by atoms with E-state index in [1.165, 1.54) is 24.6 Å². The van der Waals surface area contributed by atoms with Gasteiger partial charge in [0.2, 0.25) is 0 Å². The molecule has 0 radical (unpaired) electrons. The van der Waals surface area contributed by atoms with Crippen molar-refractivity contribution in [3.05, 3.63) is 38.9 Å². The lowest BCUT2D eigenvalue weighted by atomic mass is 10.2. The maximum Gasteiger partial charge on any atom is 0.287 e. The van der Waals surface area contributed by atoms with Gasteiger partial charge in [-0.15, -0.1) is 0 Å². The summed E-state index contributed by atoms with van der Waals surface area (Å²) < 4.78 is 0. The lowest BCUT2D eigenvalue weighted by Crippen LogP contribution is -2.29. The molecule has 0 saturated carbocycles. The standard InChI is InChI=1S/C12H13ClN2O3S/c13-10-6-8(3-4-11(10)15(17)18)12(16)14-7-9-2-1-5-19-9/h3-4,6,9H,1-2,5,7H2,(H,14,16). The summed E-state index contributed by atoms with van der Waals surface area (Å²) in [4.78, 5) is 21.9. The van der Waals surface area contributed by atoms with Gasteiger partial charge in [0.15, 0.2) is 0 Å². The summed E-state index contributed by atoms with van der Waals surface area (Å²) in [6, 6.07) is 4.00. The largest absolute Gasteiger partial charge is 0.351 e. The number of thioether (sulfide) groups is 1. The lowest BCUT2D eigenvalue weighted by Gasteiger charge is -2.10. The number of hydrogen-bond donors (Lipinski definition) is 1. The molecule has 0 aliphatic carbocycles. The van der Waals surface area contributed by atoms with E-state index in [1.807, 2.05) is 11.8 Å². The minimum absolute atomic E-state index is 0.0205. The second kappa shape index (κ2) is 6.25. The highest BCUT2D eigenvalue weighted by atomic mass is 35.5. The van der Waals surface area contributed by atoms with Crippen LogP contribution in [0.1, 0.15) is 23.2 Å². The van der Waals surface area contributed by atoms with E-state index in [4.69, 9.17) is 11.6 Å². The molecule has 1 unspecified atom stereocenters. The van der Waals surface area contributed by atoms with Crippen molar-refractivity contribution in [3.63, 3.8) is 0 Å². The third kappa shape index (κ3) is 3.61. The Kier molecular flexibility index (Phi) is 4.66. The first-order chi connectivity index (χ1) is 9.08. The van der Waals surface area contributed by atoms with E-state index in [1.54, 1.807) is 0 Å². The van der Waals surface area contributed by atoms with Crippen LogP contribution >= 0.6 is 23.4 Å². The maximum absolute atomic E-state index is 11.9. The van der Waals surface area contributed by atoms with Crippen molar-refractivity contribution in [2.45, 2.75) is 18.1 Å². The van der Waals surface area contributed by atoms with Gasteiger partial charge < -0.3 is 5.32 Å². The topological polar surface area (TPSA) is 72.2 Å². The fourth-order valence-corrected chi connectivity index (χ4v) is 3.36. The molecular formula is C12H13ClN2O3S. The van der Waals surface area contributed by atoms with Gasteiger partial charge >= 0.3 is 0 Å². The second-order valence-corrected chi connectivity index (χ2v) is 6.08. The highest BCUT2D eigenvalue weighted by Crippen LogP contribution is 2.26. The van der Waals surface area contributed by atoms with Crippen molar-refractivity contribution in [2.75, 3.05) is 12.3 Å². The average Bonchev–Trinajstić information content (AvgIpc) is 2.88. The summed E-state index contributed by atoms with van der Waals surface area (Å²) in [7, 11) is 0. The zero-order valence-corrected chi connectivity index (χ0v) is 11.7. The summed E-state index contributed by atoms with van der Waals surface area (Å²) in [5, 5.41) is 13.9. The molecule has 19 heavy (non-hydrogen) atoms. The fraction of sp³-hybridized carbons (Fsp3) is 0.417. The van der Waals surface area contributed by atoms with Crippen molar-refractivity contribution >= 4 is 35.0 Å². The van der Waals surface area contributed by atoms with Crippen molar-refractivity contribution in [1.29, 1.82) is 0 Å². The van der Waals surface area contributed by atoms with Crippen LogP contribution < -0.4 is 5.32 Å². The Labute approximate surface area is 119 Å². The van der Waals surface area contributed by atoms with E-state index in [-0.39, 0.29) is 16.6 Å². The average molecular weight is 301 g/mol. The van der Waals surface area contributed by atoms with E-state index >= 15 is 0 Å². The van der Waals surface area contributed by atoms with Crippen molar-refractivity contribution < 1.29 is 9.72 Å². The number of nitrogens with one attached hydrogen (secondary N) is 1. The number of nitrogens with zero attached hydrogens (tertiary/aromatic N) is 1. The van der Waals surface area contributed by atoms with E-state index in [2.05, 4.69) is 5.32 Å². The van der Waals surface area contributed by atoms with Gasteiger partial charge in [-0.1, -0.05) is 11.6 Å². The number of nitro groups is 1. The Bertz CT molecular complexity index is 504. The molecule has 1 amide bonds. The first kappa shape index (κ1) is 14.1. The van der Waals surface area contributed by atoms with E-state index in [0.717, 1.165) is 12.2 Å². The quantitative estimate of drug-likeness (QED) is 0.685. The Morgan fingerprint density at radius 3 is 2.95 bits per heavy atom. The first-order valence-electron chi connectivity index (χ1n) is 5.91. The third-order valence-electron chi connectivity index (χ3n) is 2.92. The van der Waals surface area contributed by atoms with E-state index < -0.39 is 4.92 Å². The van der Waals surface area contributed by atoms with Crippen LogP contribution in [0, 0.1) is 10.1 Å². The molecule has 0 spiro atoms. The van der Waals surface area contributed by atoms with Crippen LogP contribution in [-0.4, -0.2) is 28.4 Å². The molecule has 7 heteroatoms. The SMILES string of the molecule is O=C(NCC1CCCS1)c1ccc([N+](=O)[O-])c(Cl)c1. The number of rotatable bonds is 4. The van der Waals surface area contributed by atoms with Crippen LogP contribution in [-0.2, 0) is 0 Å². The van der Waals surface area contributed by atoms with Gasteiger partial charge in [0.1, 0.15) is 5.02 Å². The van der Waals surface area contributed by atoms with Crippen LogP contribution in [0.15, 0.2) is 18.2 Å². The lowest BCUT2D eigenvalue weighted by molar-refractivity contribution is -0.384. The summed E-state index contributed by atoms with van der Waals surface area (Å²) in [5.41, 5.74) is 0.156. The van der Waals surface area contributed by atoms with Gasteiger partial charge in [0.25, 0.3) is 11.6 Å². The number of benzene rings is 1. The summed E-state index contributed by atoms with van der Waals surface area (Å²) in [6.45, 7) is 0.623. The third-order valence-corrected chi connectivity index (χ3v) is 4.62. The summed E-state index contributed by atoms with van der Waals surface area (Å²) in [5.74, 6) is 0.897. The van der Waals surface area contributed by atoms with Gasteiger partial charge in [-0.05, 0) is 30.7 Å². The number of carbonyl (C=O) groups excluding carboxylic acids is 1.